The molecule has 0 saturated carbocycles. The molecule has 1 atom stereocenters. The summed E-state index contributed by atoms with van der Waals surface area (Å²) < 4.78 is 26.5. The van der Waals surface area contributed by atoms with Gasteiger partial charge in [0, 0.05) is 0 Å². The molecule has 2 nitrogen and oxygen atoms in total. The van der Waals surface area contributed by atoms with Crippen LogP contribution in [0.1, 0.15) is 22.0 Å². The fourth-order valence-corrected chi connectivity index (χ4v) is 1.67. The van der Waals surface area contributed by atoms with E-state index in [0.29, 0.717) is 5.56 Å². The van der Waals surface area contributed by atoms with Crippen LogP contribution < -0.4 is 5.73 Å². The Morgan fingerprint density at radius 1 is 1.06 bits per heavy atom. The van der Waals surface area contributed by atoms with Gasteiger partial charge in [-0.25, -0.2) is 8.78 Å². The summed E-state index contributed by atoms with van der Waals surface area (Å²) in [4.78, 5) is 12.0. The van der Waals surface area contributed by atoms with Crippen LogP contribution in [0.25, 0.3) is 0 Å². The highest BCUT2D eigenvalue weighted by Gasteiger charge is 2.21. The van der Waals surface area contributed by atoms with E-state index in [0.717, 1.165) is 18.2 Å². The molecule has 0 aliphatic carbocycles. The number of carbonyl (C=O) groups is 1. The lowest BCUT2D eigenvalue weighted by atomic mass is 9.98. The van der Waals surface area contributed by atoms with E-state index in [2.05, 4.69) is 0 Å². The molecule has 92 valence electrons. The van der Waals surface area contributed by atoms with Crippen molar-refractivity contribution in [3.8, 4) is 0 Å². The summed E-state index contributed by atoms with van der Waals surface area (Å²) in [5, 5.41) is 0. The van der Waals surface area contributed by atoms with Crippen LogP contribution in [-0.2, 0) is 0 Å². The molecule has 0 aliphatic heterocycles. The van der Waals surface area contributed by atoms with Gasteiger partial charge in [0.1, 0.15) is 11.6 Å². The molecule has 0 aromatic heterocycles. The third kappa shape index (κ3) is 2.43. The number of hydrogen-bond donors (Lipinski definition) is 1. The second kappa shape index (κ2) is 5.06. The predicted octanol–water partition coefficient (Wildman–Crippen LogP) is 2.85. The molecule has 2 N–H and O–H groups in total. The van der Waals surface area contributed by atoms with Crippen molar-refractivity contribution >= 4 is 5.78 Å². The monoisotopic (exact) mass is 247 g/mol. The molecule has 0 radical (unpaired) electrons. The van der Waals surface area contributed by atoms with Gasteiger partial charge in [0.25, 0.3) is 0 Å². The molecule has 18 heavy (non-hydrogen) atoms. The molecule has 2 rings (SSSR count). The lowest BCUT2D eigenvalue weighted by molar-refractivity contribution is 0.0957. The Morgan fingerprint density at radius 2 is 1.72 bits per heavy atom. The summed E-state index contributed by atoms with van der Waals surface area (Å²) in [5.41, 5.74) is 5.98. The number of rotatable bonds is 3. The second-order valence-corrected chi connectivity index (χ2v) is 3.88. The zero-order valence-corrected chi connectivity index (χ0v) is 9.44. The Morgan fingerprint density at radius 3 is 2.39 bits per heavy atom. The number of benzene rings is 2. The maximum absolute atomic E-state index is 13.5. The fraction of sp³-hybridized carbons (Fsp3) is 0.0714. The number of nitrogens with two attached hydrogens (primary N) is 1. The molecule has 0 spiro atoms. The third-order valence-corrected chi connectivity index (χ3v) is 2.64. The van der Waals surface area contributed by atoms with Crippen LogP contribution in [0, 0.1) is 11.6 Å². The van der Waals surface area contributed by atoms with Crippen molar-refractivity contribution < 1.29 is 13.6 Å². The van der Waals surface area contributed by atoms with Crippen LogP contribution in [0.4, 0.5) is 8.78 Å². The van der Waals surface area contributed by atoms with Crippen LogP contribution in [0.15, 0.2) is 48.5 Å². The first-order valence-corrected chi connectivity index (χ1v) is 5.39. The summed E-state index contributed by atoms with van der Waals surface area (Å²) >= 11 is 0. The van der Waals surface area contributed by atoms with Crippen LogP contribution in [0.3, 0.4) is 0 Å². The van der Waals surface area contributed by atoms with Gasteiger partial charge >= 0.3 is 0 Å². The first kappa shape index (κ1) is 12.4. The number of Topliss-reactive ketones (excluding diaryl/α,β-unsaturated/α-hetero) is 1. The van der Waals surface area contributed by atoms with Gasteiger partial charge in [-0.2, -0.15) is 0 Å². The summed E-state index contributed by atoms with van der Waals surface area (Å²) in [6, 6.07) is 10.3. The minimum absolute atomic E-state index is 0.327. The number of halogens is 2. The van der Waals surface area contributed by atoms with Crippen molar-refractivity contribution in [3.63, 3.8) is 0 Å². The van der Waals surface area contributed by atoms with Gasteiger partial charge in [0.05, 0.1) is 11.6 Å². The number of hydrogen-bond acceptors (Lipinski definition) is 2. The topological polar surface area (TPSA) is 43.1 Å². The summed E-state index contributed by atoms with van der Waals surface area (Å²) in [6.07, 6.45) is 0. The minimum atomic E-state index is -0.998. The van der Waals surface area contributed by atoms with Crippen molar-refractivity contribution in [1.82, 2.24) is 0 Å². The van der Waals surface area contributed by atoms with Crippen molar-refractivity contribution in [3.05, 3.63) is 71.3 Å². The van der Waals surface area contributed by atoms with E-state index < -0.39 is 23.5 Å². The standard InChI is InChI=1S/C14H11F2NO/c15-10-6-7-12(16)11(8-10)14(18)13(17)9-4-2-1-3-5-9/h1-8,13H,17H2/t13-/m1/s1. The highest BCUT2D eigenvalue weighted by molar-refractivity contribution is 6.00. The smallest absolute Gasteiger partial charge is 0.187 e. The summed E-state index contributed by atoms with van der Waals surface area (Å²) in [6.45, 7) is 0. The lowest BCUT2D eigenvalue weighted by Crippen LogP contribution is -2.22. The van der Waals surface area contributed by atoms with Gasteiger partial charge in [-0.1, -0.05) is 30.3 Å². The molecule has 0 aliphatic rings. The third-order valence-electron chi connectivity index (χ3n) is 2.64. The van der Waals surface area contributed by atoms with E-state index in [1.165, 1.54) is 0 Å². The zero-order valence-electron chi connectivity index (χ0n) is 9.44. The van der Waals surface area contributed by atoms with E-state index in [1.54, 1.807) is 30.3 Å². The Balaban J connectivity index is 2.34. The van der Waals surface area contributed by atoms with Crippen LogP contribution >= 0.6 is 0 Å². The second-order valence-electron chi connectivity index (χ2n) is 3.88. The molecule has 2 aromatic rings. The average Bonchev–Trinajstić information content (AvgIpc) is 2.41. The van der Waals surface area contributed by atoms with E-state index in [9.17, 15) is 13.6 Å². The Kier molecular flexibility index (Phi) is 3.48. The number of carbonyl (C=O) groups excluding carboxylic acids is 1. The van der Waals surface area contributed by atoms with Gasteiger partial charge in [-0.15, -0.1) is 0 Å². The Labute approximate surface area is 103 Å². The van der Waals surface area contributed by atoms with Crippen molar-refractivity contribution in [2.45, 2.75) is 6.04 Å². The highest BCUT2D eigenvalue weighted by Crippen LogP contribution is 2.19. The van der Waals surface area contributed by atoms with Gasteiger partial charge in [0.2, 0.25) is 0 Å². The van der Waals surface area contributed by atoms with E-state index >= 15 is 0 Å². The Bertz CT molecular complexity index is 569. The molecule has 0 heterocycles. The van der Waals surface area contributed by atoms with Crippen LogP contribution in [0.2, 0.25) is 0 Å². The van der Waals surface area contributed by atoms with Crippen molar-refractivity contribution in [2.24, 2.45) is 5.73 Å². The largest absolute Gasteiger partial charge is 0.318 e. The van der Waals surface area contributed by atoms with Gasteiger partial charge in [0.15, 0.2) is 5.78 Å². The van der Waals surface area contributed by atoms with Crippen LogP contribution in [0.5, 0.6) is 0 Å². The predicted molar refractivity (Wildman–Crippen MR) is 64.1 cm³/mol. The molecule has 0 unspecified atom stereocenters. The minimum Gasteiger partial charge on any atom is -0.318 e. The first-order valence-electron chi connectivity index (χ1n) is 5.39. The van der Waals surface area contributed by atoms with Gasteiger partial charge in [-0.3, -0.25) is 4.79 Å². The normalized spacial score (nSPS) is 12.2. The quantitative estimate of drug-likeness (QED) is 0.847. The summed E-state index contributed by atoms with van der Waals surface area (Å²) in [5.74, 6) is -2.08. The molecular weight excluding hydrogens is 236 g/mol. The van der Waals surface area contributed by atoms with E-state index in [-0.39, 0.29) is 5.56 Å². The van der Waals surface area contributed by atoms with E-state index in [1.807, 2.05) is 0 Å². The molecule has 2 aromatic carbocycles. The lowest BCUT2D eigenvalue weighted by Gasteiger charge is -2.11. The molecule has 0 saturated heterocycles. The molecule has 4 heteroatoms. The van der Waals surface area contributed by atoms with Crippen molar-refractivity contribution in [2.75, 3.05) is 0 Å². The van der Waals surface area contributed by atoms with Crippen LogP contribution in [-0.4, -0.2) is 5.78 Å². The molecule has 0 fully saturated rings. The zero-order chi connectivity index (χ0) is 13.1. The number of ketones is 1. The SMILES string of the molecule is N[C@@H](C(=O)c1cc(F)ccc1F)c1ccccc1. The van der Waals surface area contributed by atoms with E-state index in [4.69, 9.17) is 5.73 Å². The fourth-order valence-electron chi connectivity index (χ4n) is 1.67. The molecule has 0 amide bonds. The molecular formula is C14H11F2NO. The van der Waals surface area contributed by atoms with Gasteiger partial charge < -0.3 is 5.73 Å². The van der Waals surface area contributed by atoms with Gasteiger partial charge in [-0.05, 0) is 23.8 Å². The summed E-state index contributed by atoms with van der Waals surface area (Å²) in [7, 11) is 0. The Hall–Kier alpha value is -2.07. The molecule has 0 bridgehead atoms. The maximum atomic E-state index is 13.5. The highest BCUT2D eigenvalue weighted by atomic mass is 19.1. The first-order chi connectivity index (χ1) is 8.59. The maximum Gasteiger partial charge on any atom is 0.187 e. The van der Waals surface area contributed by atoms with Crippen molar-refractivity contribution in [1.29, 1.82) is 0 Å². The average molecular weight is 247 g/mol.